The number of hydrogen-bond acceptors (Lipinski definition) is 9. The van der Waals surface area contributed by atoms with Gasteiger partial charge in [0.2, 0.25) is 5.78 Å². The van der Waals surface area contributed by atoms with E-state index in [9.17, 15) is 29.7 Å². The maximum atomic E-state index is 14.0. The number of aliphatic hydroxyl groups is 3. The highest BCUT2D eigenvalue weighted by molar-refractivity contribution is 6.24. The van der Waals surface area contributed by atoms with Crippen molar-refractivity contribution in [3.05, 3.63) is 40.2 Å². The number of Topliss-reactive ketones (excluding diaryl/α,β-unsaturated/α-hetero) is 2. The molecule has 0 heterocycles. The summed E-state index contributed by atoms with van der Waals surface area (Å²) in [6, 6.07) is 2.57. The van der Waals surface area contributed by atoms with Crippen LogP contribution in [-0.2, 0) is 20.8 Å². The molecule has 1 aromatic rings. The molecule has 0 saturated heterocycles. The predicted octanol–water partition coefficient (Wildman–Crippen LogP) is 2.14. The molecule has 3 aliphatic carbocycles. The molecule has 0 spiro atoms. The number of carbonyl (C=O) groups is 3. The Morgan fingerprint density at radius 3 is 2.39 bits per heavy atom. The van der Waals surface area contributed by atoms with Crippen molar-refractivity contribution in [3.63, 3.8) is 0 Å². The number of nitrogens with zero attached hydrogens (tertiary/aromatic N) is 2. The molecule has 0 bridgehead atoms. The summed E-state index contributed by atoms with van der Waals surface area (Å²) >= 11 is 0. The molecule has 38 heavy (non-hydrogen) atoms. The molecule has 208 valence electrons. The van der Waals surface area contributed by atoms with Crippen LogP contribution in [-0.4, -0.2) is 84.1 Å². The van der Waals surface area contributed by atoms with Gasteiger partial charge < -0.3 is 30.7 Å². The quantitative estimate of drug-likeness (QED) is 0.307. The van der Waals surface area contributed by atoms with Crippen LogP contribution >= 0.6 is 0 Å². The first kappa shape index (κ1) is 29.2. The van der Waals surface area contributed by atoms with Crippen molar-refractivity contribution in [2.24, 2.45) is 17.6 Å². The zero-order valence-electron chi connectivity index (χ0n) is 21.9. The minimum atomic E-state index is -2.59. The van der Waals surface area contributed by atoms with Crippen molar-refractivity contribution < 1.29 is 34.4 Å². The number of anilines is 1. The summed E-state index contributed by atoms with van der Waals surface area (Å²) in [5, 5.41) is 34.2. The van der Waals surface area contributed by atoms with Gasteiger partial charge in [-0.2, -0.15) is 0 Å². The van der Waals surface area contributed by atoms with Gasteiger partial charge in [-0.1, -0.05) is 20.8 Å². The van der Waals surface area contributed by atoms with Crippen LogP contribution in [0, 0.1) is 11.8 Å². The Kier molecular flexibility index (Phi) is 8.00. The largest absolute Gasteiger partial charge is 0.508 e. The predicted molar refractivity (Wildman–Crippen MR) is 144 cm³/mol. The molecule has 0 aliphatic heterocycles. The fraction of sp³-hybridized carbons (Fsp3) is 0.536. The topological polar surface area (TPSA) is 154 Å². The number of aliphatic hydroxyl groups excluding tert-OH is 2. The van der Waals surface area contributed by atoms with E-state index in [0.717, 1.165) is 24.1 Å². The van der Waals surface area contributed by atoms with Crippen molar-refractivity contribution >= 4 is 28.9 Å². The number of primary amides is 1. The zero-order chi connectivity index (χ0) is 27.4. The number of carbonyl (C=O) groups excluding carboxylic acids is 3. The molecule has 10 heteroatoms. The van der Waals surface area contributed by atoms with Gasteiger partial charge in [0.1, 0.15) is 22.8 Å². The van der Waals surface area contributed by atoms with Crippen LogP contribution in [0.5, 0.6) is 5.75 Å². The van der Waals surface area contributed by atoms with Crippen LogP contribution in [0.1, 0.15) is 44.7 Å². The Balaban J connectivity index is 0.00000400. The Hall–Kier alpha value is -3.37. The second-order valence-electron chi connectivity index (χ2n) is 10.5. The Labute approximate surface area is 223 Å². The van der Waals surface area contributed by atoms with Crippen molar-refractivity contribution in [3.8, 4) is 5.75 Å². The van der Waals surface area contributed by atoms with E-state index in [-0.39, 0.29) is 25.2 Å². The van der Waals surface area contributed by atoms with Crippen molar-refractivity contribution in [1.82, 2.24) is 4.90 Å². The lowest BCUT2D eigenvalue weighted by Gasteiger charge is -2.50. The van der Waals surface area contributed by atoms with Crippen LogP contribution in [0.25, 0.3) is 5.76 Å². The van der Waals surface area contributed by atoms with Crippen molar-refractivity contribution in [1.29, 1.82) is 0 Å². The molecule has 5 N–H and O–H groups in total. The second kappa shape index (κ2) is 10.4. The number of ketones is 2. The lowest BCUT2D eigenvalue weighted by Crippen LogP contribution is -2.65. The van der Waals surface area contributed by atoms with E-state index in [2.05, 4.69) is 0 Å². The van der Waals surface area contributed by atoms with Gasteiger partial charge >= 0.3 is 0 Å². The third-order valence-corrected chi connectivity index (χ3v) is 7.80. The average Bonchev–Trinajstić information content (AvgIpc) is 2.81. The minimum Gasteiger partial charge on any atom is -0.508 e. The maximum Gasteiger partial charge on any atom is 0.255 e. The van der Waals surface area contributed by atoms with Crippen LogP contribution in [0.15, 0.2) is 29.0 Å². The molecule has 10 nitrogen and oxygen atoms in total. The molecular weight excluding hydrogens is 490 g/mol. The van der Waals surface area contributed by atoms with Crippen LogP contribution in [0.3, 0.4) is 0 Å². The van der Waals surface area contributed by atoms with Gasteiger partial charge in [-0.15, -0.1) is 0 Å². The number of hydrogen-bond donors (Lipinski definition) is 4. The fourth-order valence-electron chi connectivity index (χ4n) is 6.08. The molecule has 4 atom stereocenters. The molecule has 4 rings (SSSR count). The molecule has 0 unspecified atom stereocenters. The highest BCUT2D eigenvalue weighted by Crippen LogP contribution is 2.53. The summed E-state index contributed by atoms with van der Waals surface area (Å²) in [5.74, 6) is -5.47. The second-order valence-corrected chi connectivity index (χ2v) is 10.5. The lowest BCUT2D eigenvalue weighted by molar-refractivity contribution is -0.153. The molecule has 1 saturated carbocycles. The molecule has 1 amide bonds. The normalized spacial score (nSPS) is 26.4. The van der Waals surface area contributed by atoms with E-state index >= 15 is 0 Å². The summed E-state index contributed by atoms with van der Waals surface area (Å²) in [7, 11) is 6.95. The van der Waals surface area contributed by atoms with E-state index in [1.165, 1.54) is 4.90 Å². The number of likely N-dealkylation sites (N-methyl/N-ethyl adjacent to an activating group) is 1. The number of unbranched alkanes of at least 4 members (excludes halogenated alkanes) is 1. The van der Waals surface area contributed by atoms with E-state index in [0.29, 0.717) is 24.3 Å². The van der Waals surface area contributed by atoms with E-state index in [4.69, 9.17) is 10.5 Å². The number of benzene rings is 1. The van der Waals surface area contributed by atoms with Gasteiger partial charge in [-0.25, -0.2) is 0 Å². The number of ether oxygens (including phenoxy) is 1. The first-order valence-electron chi connectivity index (χ1n) is 12.5. The average molecular weight is 530 g/mol. The Morgan fingerprint density at radius 1 is 1.18 bits per heavy atom. The van der Waals surface area contributed by atoms with Crippen LogP contribution < -0.4 is 15.4 Å². The van der Waals surface area contributed by atoms with E-state index < -0.39 is 52.3 Å². The maximum absolute atomic E-state index is 14.0. The van der Waals surface area contributed by atoms with E-state index in [1.54, 1.807) is 20.2 Å². The fourth-order valence-corrected chi connectivity index (χ4v) is 6.08. The Morgan fingerprint density at radius 2 is 1.84 bits per heavy atom. The highest BCUT2D eigenvalue weighted by atomic mass is 16.5. The highest BCUT2D eigenvalue weighted by Gasteiger charge is 2.64. The number of nitrogens with two attached hydrogens (primary N) is 1. The summed E-state index contributed by atoms with van der Waals surface area (Å²) in [5.41, 5.74) is 3.96. The number of rotatable bonds is 7. The third-order valence-electron chi connectivity index (χ3n) is 7.80. The number of fused-ring (bicyclic) bond motifs is 3. The van der Waals surface area contributed by atoms with Gasteiger partial charge in [-0.3, -0.25) is 19.3 Å². The number of amides is 1. The van der Waals surface area contributed by atoms with Gasteiger partial charge in [0.25, 0.3) is 5.91 Å². The minimum absolute atomic E-state index is 0. The van der Waals surface area contributed by atoms with Crippen molar-refractivity contribution in [2.75, 3.05) is 39.7 Å². The Bertz CT molecular complexity index is 1230. The monoisotopic (exact) mass is 529 g/mol. The van der Waals surface area contributed by atoms with Crippen molar-refractivity contribution in [2.45, 2.75) is 51.7 Å². The molecular formula is C28H39N3O7. The molecule has 0 radical (unpaired) electrons. The molecule has 0 aromatic heterocycles. The van der Waals surface area contributed by atoms with Crippen LogP contribution in [0.2, 0.25) is 0 Å². The standard InChI is InChI=1S/C27H35N3O7.CH4/c1-6-7-10-37-17-9-8-16(29(2)3)14-11-13-12-15-21(30(4)5)23(32)20(26(28)35)25(34)27(15,36)24(33)18(13)22(31)19(14)17;/h8-9,13,15,21,31,34,36H,6-7,10-12H2,1-5H3,(H2,28,35);1H4/t13-,15-,21-,27-;/m0./s1. The summed E-state index contributed by atoms with van der Waals surface area (Å²) in [6.07, 6.45) is 2.19. The third kappa shape index (κ3) is 4.16. The van der Waals surface area contributed by atoms with Gasteiger partial charge in [0, 0.05) is 31.3 Å². The van der Waals surface area contributed by atoms with Crippen LogP contribution in [0.4, 0.5) is 5.69 Å². The summed E-state index contributed by atoms with van der Waals surface area (Å²) < 4.78 is 5.97. The molecule has 3 aliphatic rings. The molecule has 1 fully saturated rings. The summed E-state index contributed by atoms with van der Waals surface area (Å²) in [4.78, 5) is 42.7. The summed E-state index contributed by atoms with van der Waals surface area (Å²) in [6.45, 7) is 2.46. The lowest BCUT2D eigenvalue weighted by atomic mass is 9.57. The smallest absolute Gasteiger partial charge is 0.255 e. The van der Waals surface area contributed by atoms with Gasteiger partial charge in [-0.05, 0) is 57.0 Å². The van der Waals surface area contributed by atoms with Gasteiger partial charge in [0.15, 0.2) is 11.4 Å². The van der Waals surface area contributed by atoms with E-state index in [1.807, 2.05) is 32.0 Å². The molecule has 1 aromatic carbocycles. The van der Waals surface area contributed by atoms with Gasteiger partial charge in [0.05, 0.1) is 18.2 Å². The first-order chi connectivity index (χ1) is 17.4. The first-order valence-corrected chi connectivity index (χ1v) is 12.5. The zero-order valence-corrected chi connectivity index (χ0v) is 21.9. The SMILES string of the molecule is C.CCCCOc1ccc(N(C)C)c2c1C(O)=C1C(=O)[C@]3(O)C(O)=C(C(N)=O)C(=O)[C@@H](N(C)C)[C@@H]3C[C@@H]1C2.